The van der Waals surface area contributed by atoms with Gasteiger partial charge in [0, 0.05) is 0 Å². The van der Waals surface area contributed by atoms with Crippen molar-refractivity contribution in [2.24, 2.45) is 5.92 Å². The number of rotatable bonds is 2. The molecular formula is C14H24. The molecule has 14 heavy (non-hydrogen) atoms. The van der Waals surface area contributed by atoms with Crippen molar-refractivity contribution in [3.8, 4) is 0 Å². The first-order valence-corrected chi connectivity index (χ1v) is 5.77. The predicted molar refractivity (Wildman–Crippen MR) is 66.4 cm³/mol. The largest absolute Gasteiger partial charge is 0.0988 e. The minimum absolute atomic E-state index is 0.711. The lowest BCUT2D eigenvalue weighted by Gasteiger charge is -2.22. The molecule has 1 aliphatic carbocycles. The van der Waals surface area contributed by atoms with Crippen LogP contribution in [-0.2, 0) is 0 Å². The van der Waals surface area contributed by atoms with Gasteiger partial charge in [0.05, 0.1) is 0 Å². The smallest absolute Gasteiger partial charge is 0.0188 e. The molecule has 0 nitrogen and oxygen atoms in total. The lowest BCUT2D eigenvalue weighted by Crippen LogP contribution is -2.06. The van der Waals surface area contributed by atoms with Crippen molar-refractivity contribution < 1.29 is 0 Å². The van der Waals surface area contributed by atoms with E-state index in [-0.39, 0.29) is 0 Å². The van der Waals surface area contributed by atoms with E-state index in [1.54, 1.807) is 0 Å². The summed E-state index contributed by atoms with van der Waals surface area (Å²) >= 11 is 0. The fraction of sp³-hybridized carbons (Fsp3) is 0.571. The second-order valence-electron chi connectivity index (χ2n) is 3.48. The Balaban J connectivity index is 0.000000791. The topological polar surface area (TPSA) is 0 Å². The van der Waals surface area contributed by atoms with Crippen LogP contribution in [0, 0.1) is 5.92 Å². The molecule has 0 bridgehead atoms. The van der Waals surface area contributed by atoms with E-state index in [0.717, 1.165) is 0 Å². The first-order valence-electron chi connectivity index (χ1n) is 5.77. The predicted octanol–water partition coefficient (Wildman–Crippen LogP) is 4.89. The maximum Gasteiger partial charge on any atom is -0.0188 e. The molecule has 0 amide bonds. The second kappa shape index (κ2) is 7.61. The Labute approximate surface area is 89.4 Å². The maximum atomic E-state index is 3.88. The Morgan fingerprint density at radius 3 is 2.50 bits per heavy atom. The van der Waals surface area contributed by atoms with Crippen LogP contribution in [0.4, 0.5) is 0 Å². The van der Waals surface area contributed by atoms with E-state index < -0.39 is 0 Å². The molecule has 0 aromatic carbocycles. The highest BCUT2D eigenvalue weighted by atomic mass is 14.2. The Hall–Kier alpha value is -0.780. The average molecular weight is 192 g/mol. The maximum absolute atomic E-state index is 3.88. The third-order valence-corrected chi connectivity index (χ3v) is 2.57. The minimum atomic E-state index is 0.711. The van der Waals surface area contributed by atoms with Crippen LogP contribution in [0.1, 0.15) is 47.0 Å². The summed E-state index contributed by atoms with van der Waals surface area (Å²) in [5.41, 5.74) is 2.95. The molecule has 1 atom stereocenters. The number of hydrogen-bond donors (Lipinski definition) is 0. The molecule has 0 unspecified atom stereocenters. The van der Waals surface area contributed by atoms with Crippen molar-refractivity contribution in [1.29, 1.82) is 0 Å². The first-order chi connectivity index (χ1) is 6.79. The van der Waals surface area contributed by atoms with Crippen molar-refractivity contribution in [2.45, 2.75) is 47.0 Å². The zero-order valence-corrected chi connectivity index (χ0v) is 10.1. The molecule has 0 N–H and O–H groups in total. The molecule has 0 spiro atoms. The van der Waals surface area contributed by atoms with Gasteiger partial charge in [-0.1, -0.05) is 45.6 Å². The van der Waals surface area contributed by atoms with Gasteiger partial charge in [-0.05, 0) is 43.3 Å². The second-order valence-corrected chi connectivity index (χ2v) is 3.48. The van der Waals surface area contributed by atoms with Crippen LogP contribution in [-0.4, -0.2) is 0 Å². The highest BCUT2D eigenvalue weighted by molar-refractivity contribution is 5.35. The molecule has 0 saturated carbocycles. The summed E-state index contributed by atoms with van der Waals surface area (Å²) in [6, 6.07) is 0. The fourth-order valence-electron chi connectivity index (χ4n) is 1.93. The van der Waals surface area contributed by atoms with Gasteiger partial charge in [0.25, 0.3) is 0 Å². The zero-order chi connectivity index (χ0) is 11.0. The Morgan fingerprint density at radius 1 is 1.36 bits per heavy atom. The molecule has 1 aliphatic rings. The molecule has 0 heteroatoms. The van der Waals surface area contributed by atoms with E-state index >= 15 is 0 Å². The van der Waals surface area contributed by atoms with Gasteiger partial charge in [0.1, 0.15) is 0 Å². The van der Waals surface area contributed by atoms with Crippen molar-refractivity contribution in [1.82, 2.24) is 0 Å². The molecule has 0 aromatic rings. The molecule has 0 aromatic heterocycles. The van der Waals surface area contributed by atoms with Crippen LogP contribution in [0.15, 0.2) is 36.0 Å². The van der Waals surface area contributed by atoms with Crippen LogP contribution in [0.2, 0.25) is 0 Å². The Bertz CT molecular complexity index is 218. The molecule has 0 heterocycles. The van der Waals surface area contributed by atoms with Crippen LogP contribution in [0.3, 0.4) is 0 Å². The molecule has 80 valence electrons. The van der Waals surface area contributed by atoms with E-state index in [1.165, 1.54) is 30.4 Å². The number of hydrogen-bond acceptors (Lipinski definition) is 0. The summed E-state index contributed by atoms with van der Waals surface area (Å²) in [5, 5.41) is 0. The Kier molecular flexibility index (Phi) is 7.18. The SMILES string of the molecule is C=CC1=C(/C=C\C)CCC[C@H]1C.CC. The lowest BCUT2D eigenvalue weighted by atomic mass is 9.84. The van der Waals surface area contributed by atoms with E-state index in [4.69, 9.17) is 0 Å². The van der Waals surface area contributed by atoms with Crippen LogP contribution in [0.5, 0.6) is 0 Å². The van der Waals surface area contributed by atoms with Gasteiger partial charge in [0.2, 0.25) is 0 Å². The van der Waals surface area contributed by atoms with E-state index in [0.29, 0.717) is 5.92 Å². The van der Waals surface area contributed by atoms with Crippen molar-refractivity contribution in [3.63, 3.8) is 0 Å². The summed E-state index contributed by atoms with van der Waals surface area (Å²) in [6.07, 6.45) is 10.3. The standard InChI is InChI=1S/C12H18.C2H6/c1-4-7-11-9-6-8-10(3)12(11)5-2;1-2/h4-5,7,10H,2,6,8-9H2,1,3H3;1-2H3/b7-4-;/t10-;/m1./s1. The summed E-state index contributed by atoms with van der Waals surface area (Å²) < 4.78 is 0. The van der Waals surface area contributed by atoms with E-state index in [2.05, 4.69) is 32.6 Å². The van der Waals surface area contributed by atoms with Gasteiger partial charge in [-0.3, -0.25) is 0 Å². The fourth-order valence-corrected chi connectivity index (χ4v) is 1.93. The third kappa shape index (κ3) is 3.53. The summed E-state index contributed by atoms with van der Waals surface area (Å²) in [5.74, 6) is 0.711. The van der Waals surface area contributed by atoms with E-state index in [1.807, 2.05) is 19.9 Å². The van der Waals surface area contributed by atoms with Gasteiger partial charge in [0.15, 0.2) is 0 Å². The number of allylic oxidation sites excluding steroid dienone is 5. The summed E-state index contributed by atoms with van der Waals surface area (Å²) in [7, 11) is 0. The van der Waals surface area contributed by atoms with E-state index in [9.17, 15) is 0 Å². The third-order valence-electron chi connectivity index (χ3n) is 2.57. The van der Waals surface area contributed by atoms with Gasteiger partial charge < -0.3 is 0 Å². The van der Waals surface area contributed by atoms with Gasteiger partial charge in [-0.25, -0.2) is 0 Å². The van der Waals surface area contributed by atoms with Crippen molar-refractivity contribution >= 4 is 0 Å². The van der Waals surface area contributed by atoms with Crippen LogP contribution >= 0.6 is 0 Å². The summed E-state index contributed by atoms with van der Waals surface area (Å²) in [6.45, 7) is 12.2. The molecular weight excluding hydrogens is 168 g/mol. The Morgan fingerprint density at radius 2 is 2.00 bits per heavy atom. The van der Waals surface area contributed by atoms with Gasteiger partial charge in [-0.15, -0.1) is 0 Å². The average Bonchev–Trinajstić information content (AvgIpc) is 2.22. The first kappa shape index (κ1) is 13.2. The monoisotopic (exact) mass is 192 g/mol. The minimum Gasteiger partial charge on any atom is -0.0988 e. The quantitative estimate of drug-likeness (QED) is 0.584. The zero-order valence-electron chi connectivity index (χ0n) is 10.1. The van der Waals surface area contributed by atoms with Gasteiger partial charge >= 0.3 is 0 Å². The molecule has 0 fully saturated rings. The molecule has 0 saturated heterocycles. The lowest BCUT2D eigenvalue weighted by molar-refractivity contribution is 0.552. The summed E-state index contributed by atoms with van der Waals surface area (Å²) in [4.78, 5) is 0. The molecule has 0 aliphatic heterocycles. The molecule has 1 rings (SSSR count). The highest BCUT2D eigenvalue weighted by Gasteiger charge is 2.14. The van der Waals surface area contributed by atoms with Crippen molar-refractivity contribution in [3.05, 3.63) is 36.0 Å². The van der Waals surface area contributed by atoms with Crippen molar-refractivity contribution in [2.75, 3.05) is 0 Å². The van der Waals surface area contributed by atoms with Gasteiger partial charge in [-0.2, -0.15) is 0 Å². The highest BCUT2D eigenvalue weighted by Crippen LogP contribution is 2.30. The van der Waals surface area contributed by atoms with Crippen LogP contribution in [0.25, 0.3) is 0 Å². The normalized spacial score (nSPS) is 21.9. The molecule has 0 radical (unpaired) electrons. The van der Waals surface area contributed by atoms with Crippen LogP contribution < -0.4 is 0 Å².